The van der Waals surface area contributed by atoms with E-state index in [0.29, 0.717) is 24.3 Å². The number of ether oxygens (including phenoxy) is 1. The van der Waals surface area contributed by atoms with Crippen LogP contribution in [-0.2, 0) is 4.74 Å². The number of carbonyl (C=O) groups excluding carboxylic acids is 1. The van der Waals surface area contributed by atoms with Crippen molar-refractivity contribution in [3.8, 4) is 22.4 Å². The lowest BCUT2D eigenvalue weighted by atomic mass is 9.95. The van der Waals surface area contributed by atoms with Gasteiger partial charge in [-0.15, -0.1) is 0 Å². The zero-order chi connectivity index (χ0) is 19.5. The van der Waals surface area contributed by atoms with E-state index < -0.39 is 5.56 Å². The van der Waals surface area contributed by atoms with E-state index in [1.807, 2.05) is 60.7 Å². The molecule has 0 saturated carbocycles. The highest BCUT2D eigenvalue weighted by atomic mass is 16.5. The SMILES string of the molecule is COC1CCN(C(=O)c2c(-c3ccccc3)c(-c3ccccc3)n[nH]c2=O)C1. The van der Waals surface area contributed by atoms with Crippen LogP contribution in [-0.4, -0.2) is 47.3 Å². The van der Waals surface area contributed by atoms with Crippen molar-refractivity contribution in [3.63, 3.8) is 0 Å². The highest BCUT2D eigenvalue weighted by Gasteiger charge is 2.31. The fraction of sp³-hybridized carbons (Fsp3) is 0.227. The molecule has 28 heavy (non-hydrogen) atoms. The molecule has 3 aromatic rings. The van der Waals surface area contributed by atoms with Crippen LogP contribution < -0.4 is 5.56 Å². The van der Waals surface area contributed by atoms with Gasteiger partial charge in [-0.3, -0.25) is 9.59 Å². The number of benzene rings is 2. The Morgan fingerprint density at radius 2 is 1.71 bits per heavy atom. The van der Waals surface area contributed by atoms with E-state index in [1.54, 1.807) is 12.0 Å². The Balaban J connectivity index is 1.90. The van der Waals surface area contributed by atoms with Crippen LogP contribution in [0, 0.1) is 0 Å². The molecule has 6 nitrogen and oxygen atoms in total. The van der Waals surface area contributed by atoms with E-state index in [1.165, 1.54) is 0 Å². The predicted molar refractivity (Wildman–Crippen MR) is 107 cm³/mol. The zero-order valence-corrected chi connectivity index (χ0v) is 15.6. The van der Waals surface area contributed by atoms with Gasteiger partial charge in [-0.1, -0.05) is 60.7 Å². The molecule has 1 atom stereocenters. The number of nitrogens with zero attached hydrogens (tertiary/aromatic N) is 2. The molecule has 1 aliphatic rings. The first-order valence-corrected chi connectivity index (χ1v) is 9.24. The topological polar surface area (TPSA) is 75.3 Å². The number of carbonyl (C=O) groups is 1. The number of methoxy groups -OCH3 is 1. The quantitative estimate of drug-likeness (QED) is 0.761. The molecule has 1 aliphatic heterocycles. The van der Waals surface area contributed by atoms with Gasteiger partial charge in [0.15, 0.2) is 0 Å². The number of aromatic nitrogens is 2. The second-order valence-electron chi connectivity index (χ2n) is 6.78. The van der Waals surface area contributed by atoms with Gasteiger partial charge in [0.25, 0.3) is 11.5 Å². The number of amides is 1. The second kappa shape index (κ2) is 7.78. The predicted octanol–water partition coefficient (Wildman–Crippen LogP) is 2.96. The Hall–Kier alpha value is -3.25. The van der Waals surface area contributed by atoms with Crippen LogP contribution in [0.2, 0.25) is 0 Å². The third-order valence-corrected chi connectivity index (χ3v) is 5.07. The van der Waals surface area contributed by atoms with Crippen molar-refractivity contribution in [2.75, 3.05) is 20.2 Å². The highest BCUT2D eigenvalue weighted by molar-refractivity contribution is 6.03. The molecular weight excluding hydrogens is 354 g/mol. The Bertz CT molecular complexity index is 1030. The minimum atomic E-state index is -0.482. The summed E-state index contributed by atoms with van der Waals surface area (Å²) >= 11 is 0. The fourth-order valence-electron chi connectivity index (χ4n) is 3.61. The molecule has 142 valence electrons. The molecule has 0 radical (unpaired) electrons. The molecule has 2 heterocycles. The van der Waals surface area contributed by atoms with Crippen molar-refractivity contribution in [1.29, 1.82) is 0 Å². The molecular formula is C22H21N3O3. The van der Waals surface area contributed by atoms with Gasteiger partial charge in [0.2, 0.25) is 0 Å². The number of H-pyrrole nitrogens is 1. The van der Waals surface area contributed by atoms with E-state index in [-0.39, 0.29) is 17.6 Å². The van der Waals surface area contributed by atoms with Gasteiger partial charge in [0.1, 0.15) is 5.56 Å². The lowest BCUT2D eigenvalue weighted by Crippen LogP contribution is -2.35. The first-order valence-electron chi connectivity index (χ1n) is 9.24. The molecule has 0 bridgehead atoms. The Morgan fingerprint density at radius 1 is 1.07 bits per heavy atom. The summed E-state index contributed by atoms with van der Waals surface area (Å²) in [5, 5.41) is 6.82. The number of aromatic amines is 1. The third-order valence-electron chi connectivity index (χ3n) is 5.07. The van der Waals surface area contributed by atoms with Crippen LogP contribution in [0.25, 0.3) is 22.4 Å². The standard InChI is InChI=1S/C22H21N3O3/c1-28-17-12-13-25(14-17)22(27)19-18(15-8-4-2-5-9-15)20(23-24-21(19)26)16-10-6-3-7-11-16/h2-11,17H,12-14H2,1H3,(H,24,26). The lowest BCUT2D eigenvalue weighted by Gasteiger charge is -2.19. The maximum atomic E-state index is 13.3. The smallest absolute Gasteiger partial charge is 0.277 e. The zero-order valence-electron chi connectivity index (χ0n) is 15.6. The highest BCUT2D eigenvalue weighted by Crippen LogP contribution is 2.32. The minimum absolute atomic E-state index is 0.00126. The number of nitrogens with one attached hydrogen (secondary N) is 1. The molecule has 0 aliphatic carbocycles. The summed E-state index contributed by atoms with van der Waals surface area (Å²) in [7, 11) is 1.64. The molecule has 1 fully saturated rings. The van der Waals surface area contributed by atoms with Crippen molar-refractivity contribution in [2.24, 2.45) is 0 Å². The van der Waals surface area contributed by atoms with Gasteiger partial charge in [-0.05, 0) is 12.0 Å². The van der Waals surface area contributed by atoms with Crippen molar-refractivity contribution in [1.82, 2.24) is 15.1 Å². The average Bonchev–Trinajstić information content (AvgIpc) is 3.24. The number of rotatable bonds is 4. The van der Waals surface area contributed by atoms with Crippen LogP contribution in [0.3, 0.4) is 0 Å². The molecule has 1 N–H and O–H groups in total. The maximum Gasteiger partial charge on any atom is 0.277 e. The summed E-state index contributed by atoms with van der Waals surface area (Å²) in [6.07, 6.45) is 0.760. The van der Waals surface area contributed by atoms with Crippen LogP contribution in [0.15, 0.2) is 65.5 Å². The Kier molecular flexibility index (Phi) is 5.04. The van der Waals surface area contributed by atoms with Crippen LogP contribution >= 0.6 is 0 Å². The van der Waals surface area contributed by atoms with Gasteiger partial charge in [0.05, 0.1) is 11.8 Å². The van der Waals surface area contributed by atoms with Crippen molar-refractivity contribution < 1.29 is 9.53 Å². The molecule has 0 spiro atoms. The maximum absolute atomic E-state index is 13.3. The summed E-state index contributed by atoms with van der Waals surface area (Å²) in [5.74, 6) is -0.292. The van der Waals surface area contributed by atoms with Crippen LogP contribution in [0.1, 0.15) is 16.8 Å². The van der Waals surface area contributed by atoms with Crippen LogP contribution in [0.5, 0.6) is 0 Å². The molecule has 6 heteroatoms. The molecule has 1 unspecified atom stereocenters. The molecule has 4 rings (SSSR count). The summed E-state index contributed by atoms with van der Waals surface area (Å²) in [6.45, 7) is 1.04. The monoisotopic (exact) mass is 375 g/mol. The van der Waals surface area contributed by atoms with Gasteiger partial charge in [0, 0.05) is 31.3 Å². The van der Waals surface area contributed by atoms with E-state index in [2.05, 4.69) is 10.2 Å². The summed E-state index contributed by atoms with van der Waals surface area (Å²) in [6, 6.07) is 19.0. The van der Waals surface area contributed by atoms with Gasteiger partial charge < -0.3 is 9.64 Å². The minimum Gasteiger partial charge on any atom is -0.380 e. The first kappa shape index (κ1) is 18.1. The molecule has 1 aromatic heterocycles. The molecule has 1 amide bonds. The average molecular weight is 375 g/mol. The van der Waals surface area contributed by atoms with Gasteiger partial charge in [-0.25, -0.2) is 5.10 Å². The summed E-state index contributed by atoms with van der Waals surface area (Å²) in [5.41, 5.74) is 2.40. The van der Waals surface area contributed by atoms with E-state index in [4.69, 9.17) is 4.74 Å². The summed E-state index contributed by atoms with van der Waals surface area (Å²) in [4.78, 5) is 27.8. The fourth-order valence-corrected chi connectivity index (χ4v) is 3.61. The number of likely N-dealkylation sites (tertiary alicyclic amines) is 1. The van der Waals surface area contributed by atoms with E-state index in [9.17, 15) is 9.59 Å². The van der Waals surface area contributed by atoms with E-state index in [0.717, 1.165) is 17.5 Å². The number of hydrogen-bond acceptors (Lipinski definition) is 4. The Morgan fingerprint density at radius 3 is 2.32 bits per heavy atom. The van der Waals surface area contributed by atoms with Gasteiger partial charge in [-0.2, -0.15) is 5.10 Å². The Labute approximate surface area is 162 Å². The normalized spacial score (nSPS) is 16.3. The molecule has 1 saturated heterocycles. The second-order valence-corrected chi connectivity index (χ2v) is 6.78. The van der Waals surface area contributed by atoms with Gasteiger partial charge >= 0.3 is 0 Å². The van der Waals surface area contributed by atoms with Crippen molar-refractivity contribution in [3.05, 3.63) is 76.6 Å². The van der Waals surface area contributed by atoms with E-state index >= 15 is 0 Å². The first-order chi connectivity index (χ1) is 13.7. The largest absolute Gasteiger partial charge is 0.380 e. The third kappa shape index (κ3) is 3.34. The lowest BCUT2D eigenvalue weighted by molar-refractivity contribution is 0.0723. The van der Waals surface area contributed by atoms with Crippen LogP contribution in [0.4, 0.5) is 0 Å². The number of hydrogen-bond donors (Lipinski definition) is 1. The van der Waals surface area contributed by atoms with Crippen molar-refractivity contribution >= 4 is 5.91 Å². The van der Waals surface area contributed by atoms with Crippen molar-refractivity contribution in [2.45, 2.75) is 12.5 Å². The molecule has 2 aromatic carbocycles. The summed E-state index contributed by atoms with van der Waals surface area (Å²) < 4.78 is 5.37.